The van der Waals surface area contributed by atoms with Gasteiger partial charge in [0.05, 0.1) is 23.2 Å². The summed E-state index contributed by atoms with van der Waals surface area (Å²) in [6.45, 7) is 6.54. The van der Waals surface area contributed by atoms with Gasteiger partial charge >= 0.3 is 5.97 Å². The Kier molecular flexibility index (Phi) is 7.04. The van der Waals surface area contributed by atoms with Crippen molar-refractivity contribution in [3.05, 3.63) is 54.4 Å². The Hall–Kier alpha value is -2.94. The topological polar surface area (TPSA) is 69.1 Å². The highest BCUT2D eigenvalue weighted by molar-refractivity contribution is 5.94. The zero-order valence-electron chi connectivity index (χ0n) is 18.9. The molecule has 170 valence electrons. The summed E-state index contributed by atoms with van der Waals surface area (Å²) in [5.74, 6) is -0.373. The van der Waals surface area contributed by atoms with E-state index in [2.05, 4.69) is 46.0 Å². The molecule has 0 aliphatic carbocycles. The number of benzene rings is 2. The van der Waals surface area contributed by atoms with Crippen LogP contribution in [0.25, 0.3) is 16.7 Å². The van der Waals surface area contributed by atoms with Gasteiger partial charge in [-0.25, -0.2) is 9.78 Å². The molecular formula is C24H30N4O4. The largest absolute Gasteiger partial charge is 0.460 e. The van der Waals surface area contributed by atoms with E-state index in [1.54, 1.807) is 32.7 Å². The monoisotopic (exact) mass is 438 g/mol. The molecule has 0 radical (unpaired) electrons. The Morgan fingerprint density at radius 2 is 1.81 bits per heavy atom. The van der Waals surface area contributed by atoms with Crippen LogP contribution >= 0.6 is 0 Å². The second kappa shape index (κ2) is 10.1. The van der Waals surface area contributed by atoms with Crippen LogP contribution in [0.3, 0.4) is 0 Å². The second-order valence-electron chi connectivity index (χ2n) is 7.82. The van der Waals surface area contributed by atoms with E-state index >= 15 is 0 Å². The summed E-state index contributed by atoms with van der Waals surface area (Å²) in [7, 11) is 3.33. The van der Waals surface area contributed by atoms with E-state index in [1.165, 1.54) is 5.69 Å². The van der Waals surface area contributed by atoms with Crippen molar-refractivity contribution < 1.29 is 19.0 Å². The van der Waals surface area contributed by atoms with Crippen LogP contribution in [-0.2, 0) is 14.2 Å². The maximum absolute atomic E-state index is 12.2. The van der Waals surface area contributed by atoms with Crippen LogP contribution in [0.5, 0.6) is 0 Å². The van der Waals surface area contributed by atoms with Crippen LogP contribution in [0.4, 0.5) is 5.69 Å². The van der Waals surface area contributed by atoms with E-state index in [9.17, 15) is 4.79 Å². The number of methoxy groups -OCH3 is 2. The fourth-order valence-corrected chi connectivity index (χ4v) is 3.98. The Morgan fingerprint density at radius 1 is 1.03 bits per heavy atom. The van der Waals surface area contributed by atoms with Crippen LogP contribution in [0.1, 0.15) is 17.3 Å². The molecule has 1 aliphatic heterocycles. The third-order valence-electron chi connectivity index (χ3n) is 5.95. The molecule has 1 fully saturated rings. The summed E-state index contributed by atoms with van der Waals surface area (Å²) in [5, 5.41) is 0. The molecule has 1 aliphatic rings. The van der Waals surface area contributed by atoms with Gasteiger partial charge in [-0.3, -0.25) is 9.47 Å². The molecule has 8 nitrogen and oxygen atoms in total. The summed E-state index contributed by atoms with van der Waals surface area (Å²) in [6, 6.07) is 13.9. The third kappa shape index (κ3) is 4.77. The molecule has 1 aromatic heterocycles. The van der Waals surface area contributed by atoms with Gasteiger partial charge in [0.25, 0.3) is 0 Å². The smallest absolute Gasteiger partial charge is 0.338 e. The number of carbonyl (C=O) groups excluding carboxylic acids is 1. The van der Waals surface area contributed by atoms with Gasteiger partial charge in [-0.1, -0.05) is 6.07 Å². The first-order valence-electron chi connectivity index (χ1n) is 10.9. The molecule has 0 bridgehead atoms. The molecule has 1 unspecified atom stereocenters. The van der Waals surface area contributed by atoms with Crippen molar-refractivity contribution in [2.45, 2.75) is 13.2 Å². The van der Waals surface area contributed by atoms with Gasteiger partial charge in [-0.05, 0) is 43.3 Å². The van der Waals surface area contributed by atoms with Gasteiger partial charge in [0, 0.05) is 51.8 Å². The van der Waals surface area contributed by atoms with E-state index in [4.69, 9.17) is 14.2 Å². The molecule has 1 atom stereocenters. The van der Waals surface area contributed by atoms with Gasteiger partial charge in [0.1, 0.15) is 19.2 Å². The zero-order chi connectivity index (χ0) is 22.5. The highest BCUT2D eigenvalue weighted by Crippen LogP contribution is 2.24. The van der Waals surface area contributed by atoms with Crippen molar-refractivity contribution in [3.8, 4) is 5.69 Å². The normalized spacial score (nSPS) is 15.8. The summed E-state index contributed by atoms with van der Waals surface area (Å²) >= 11 is 0. The third-order valence-corrected chi connectivity index (χ3v) is 5.95. The number of fused-ring (bicyclic) bond motifs is 1. The molecule has 0 N–H and O–H groups in total. The van der Waals surface area contributed by atoms with Gasteiger partial charge in [0.2, 0.25) is 0 Å². The molecule has 4 rings (SSSR count). The number of rotatable bonds is 8. The lowest BCUT2D eigenvalue weighted by molar-refractivity contribution is -0.0212. The first-order valence-corrected chi connectivity index (χ1v) is 10.9. The summed E-state index contributed by atoms with van der Waals surface area (Å²) in [5.41, 5.74) is 4.39. The average molecular weight is 439 g/mol. The number of hydrogen-bond acceptors (Lipinski definition) is 7. The molecule has 2 heterocycles. The predicted octanol–water partition coefficient (Wildman–Crippen LogP) is 2.94. The lowest BCUT2D eigenvalue weighted by Crippen LogP contribution is -2.50. The van der Waals surface area contributed by atoms with Crippen molar-refractivity contribution >= 4 is 22.7 Å². The Labute approximate surface area is 188 Å². The van der Waals surface area contributed by atoms with Crippen LogP contribution in [0, 0.1) is 0 Å². The number of hydrogen-bond donors (Lipinski definition) is 0. The molecule has 1 saturated heterocycles. The Balaban J connectivity index is 1.51. The van der Waals surface area contributed by atoms with Gasteiger partial charge in [-0.15, -0.1) is 0 Å². The van der Waals surface area contributed by atoms with Gasteiger partial charge in [0.15, 0.2) is 0 Å². The van der Waals surface area contributed by atoms with Gasteiger partial charge < -0.3 is 19.1 Å². The quantitative estimate of drug-likeness (QED) is 0.396. The van der Waals surface area contributed by atoms with Crippen molar-refractivity contribution in [3.63, 3.8) is 0 Å². The zero-order valence-corrected chi connectivity index (χ0v) is 18.9. The van der Waals surface area contributed by atoms with Crippen LogP contribution in [0.2, 0.25) is 0 Å². The molecule has 0 spiro atoms. The number of carbonyl (C=O) groups is 1. The standard InChI is InChI=1S/C24H30N4O4/c1-18(31-3)26-9-11-27(12-10-26)20-5-4-6-21(16-20)28-17-25-22-15-19(7-8-23(22)28)24(29)32-14-13-30-2/h4-8,15-18H,9-14H2,1-3H3. The summed E-state index contributed by atoms with van der Waals surface area (Å²) in [4.78, 5) is 21.5. The minimum atomic E-state index is -0.373. The van der Waals surface area contributed by atoms with Crippen LogP contribution in [0.15, 0.2) is 48.8 Å². The SMILES string of the molecule is COCCOC(=O)c1ccc2c(c1)ncn2-c1cccc(N2CCN(C(C)OC)CC2)c1. The molecule has 0 amide bonds. The lowest BCUT2D eigenvalue weighted by Gasteiger charge is -2.38. The Morgan fingerprint density at radius 3 is 2.56 bits per heavy atom. The minimum Gasteiger partial charge on any atom is -0.460 e. The molecule has 32 heavy (non-hydrogen) atoms. The average Bonchev–Trinajstić information content (AvgIpc) is 3.27. The summed E-state index contributed by atoms with van der Waals surface area (Å²) < 4.78 is 17.6. The first kappa shape index (κ1) is 22.3. The number of ether oxygens (including phenoxy) is 3. The molecule has 0 saturated carbocycles. The van der Waals surface area contributed by atoms with E-state index in [0.717, 1.165) is 42.9 Å². The number of imidazole rings is 1. The van der Waals surface area contributed by atoms with Crippen molar-refractivity contribution in [1.29, 1.82) is 0 Å². The summed E-state index contributed by atoms with van der Waals surface area (Å²) in [6.07, 6.45) is 1.94. The molecule has 8 heteroatoms. The minimum absolute atomic E-state index is 0.142. The lowest BCUT2D eigenvalue weighted by atomic mass is 10.2. The molecule has 2 aromatic carbocycles. The first-order chi connectivity index (χ1) is 15.6. The maximum atomic E-state index is 12.2. The van der Waals surface area contributed by atoms with Crippen molar-refractivity contribution in [1.82, 2.24) is 14.5 Å². The fraction of sp³-hybridized carbons (Fsp3) is 0.417. The maximum Gasteiger partial charge on any atom is 0.338 e. The molecule has 3 aromatic rings. The van der Waals surface area contributed by atoms with Gasteiger partial charge in [-0.2, -0.15) is 0 Å². The molecular weight excluding hydrogens is 408 g/mol. The number of aromatic nitrogens is 2. The van der Waals surface area contributed by atoms with Crippen LogP contribution in [-0.4, -0.2) is 80.3 Å². The fourth-order valence-electron chi connectivity index (χ4n) is 3.98. The van der Waals surface area contributed by atoms with Crippen molar-refractivity contribution in [2.24, 2.45) is 0 Å². The van der Waals surface area contributed by atoms with E-state index < -0.39 is 0 Å². The van der Waals surface area contributed by atoms with E-state index in [-0.39, 0.29) is 18.8 Å². The van der Waals surface area contributed by atoms with Crippen molar-refractivity contribution in [2.75, 3.05) is 58.5 Å². The number of piperazine rings is 1. The van der Waals surface area contributed by atoms with E-state index in [1.807, 2.05) is 10.6 Å². The highest BCUT2D eigenvalue weighted by atomic mass is 16.6. The number of anilines is 1. The van der Waals surface area contributed by atoms with Crippen LogP contribution < -0.4 is 4.90 Å². The number of nitrogens with zero attached hydrogens (tertiary/aromatic N) is 4. The highest BCUT2D eigenvalue weighted by Gasteiger charge is 2.21. The van der Waals surface area contributed by atoms with E-state index in [0.29, 0.717) is 12.2 Å². The second-order valence-corrected chi connectivity index (χ2v) is 7.82. The predicted molar refractivity (Wildman–Crippen MR) is 123 cm³/mol. The Bertz CT molecular complexity index is 1060. The number of esters is 1.